The SMILES string of the molecule is CC/C=C/CC/C=C/CC/C=C/C(O)C(CS(=O)(=O)O)NC(=O)CCCCCCC/C=C\CCC. The van der Waals surface area contributed by atoms with Crippen LogP contribution in [0.25, 0.3) is 0 Å². The van der Waals surface area contributed by atoms with Crippen LogP contribution in [-0.4, -0.2) is 41.9 Å². The van der Waals surface area contributed by atoms with Gasteiger partial charge in [-0.25, -0.2) is 0 Å². The zero-order valence-electron chi connectivity index (χ0n) is 21.9. The van der Waals surface area contributed by atoms with Crippen molar-refractivity contribution in [2.75, 3.05) is 5.75 Å². The number of rotatable bonds is 22. The predicted molar refractivity (Wildman–Crippen MR) is 147 cm³/mol. The molecule has 0 aliphatic rings. The largest absolute Gasteiger partial charge is 0.387 e. The van der Waals surface area contributed by atoms with E-state index < -0.39 is 28.0 Å². The lowest BCUT2D eigenvalue weighted by molar-refractivity contribution is -0.122. The summed E-state index contributed by atoms with van der Waals surface area (Å²) in [6.07, 6.45) is 28.2. The molecule has 0 saturated heterocycles. The Kier molecular flexibility index (Phi) is 21.6. The molecule has 0 aliphatic carbocycles. The van der Waals surface area contributed by atoms with Gasteiger partial charge < -0.3 is 10.4 Å². The van der Waals surface area contributed by atoms with Crippen molar-refractivity contribution in [3.8, 4) is 0 Å². The van der Waals surface area contributed by atoms with E-state index in [9.17, 15) is 22.9 Å². The summed E-state index contributed by atoms with van der Waals surface area (Å²) in [5.74, 6) is -1.03. The third kappa shape index (κ3) is 23.8. The molecule has 202 valence electrons. The van der Waals surface area contributed by atoms with Crippen molar-refractivity contribution in [3.05, 3.63) is 48.6 Å². The van der Waals surface area contributed by atoms with Gasteiger partial charge in [-0.15, -0.1) is 0 Å². The standard InChI is InChI=1S/C28H49NO5S/c1-3-5-7-9-11-13-15-17-19-21-23-27(30)26(25-35(32,33)34)29-28(31)24-22-20-18-16-14-12-10-8-6-4-2/h5,7-8,10,13,15,21,23,26-27,30H,3-4,6,9,11-12,14,16-20,22,24-25H2,1-2H3,(H,29,31)(H,32,33,34)/b7-5+,10-8-,15-13+,23-21+. The van der Waals surface area contributed by atoms with Crippen LogP contribution in [0.5, 0.6) is 0 Å². The smallest absolute Gasteiger partial charge is 0.267 e. The molecule has 7 heteroatoms. The van der Waals surface area contributed by atoms with Crippen LogP contribution in [0.1, 0.15) is 104 Å². The summed E-state index contributed by atoms with van der Waals surface area (Å²) in [7, 11) is -4.34. The molecule has 2 atom stereocenters. The second kappa shape index (κ2) is 22.7. The summed E-state index contributed by atoms with van der Waals surface area (Å²) in [6.45, 7) is 4.27. The van der Waals surface area contributed by atoms with Crippen molar-refractivity contribution in [2.24, 2.45) is 0 Å². The van der Waals surface area contributed by atoms with Gasteiger partial charge in [-0.1, -0.05) is 88.1 Å². The minimum absolute atomic E-state index is 0.271. The normalized spacial score (nSPS) is 14.5. The molecule has 35 heavy (non-hydrogen) atoms. The number of hydrogen-bond donors (Lipinski definition) is 3. The lowest BCUT2D eigenvalue weighted by atomic mass is 10.1. The van der Waals surface area contributed by atoms with Crippen LogP contribution in [0.15, 0.2) is 48.6 Å². The summed E-state index contributed by atoms with van der Waals surface area (Å²) in [5, 5.41) is 13.0. The molecule has 0 saturated carbocycles. The van der Waals surface area contributed by atoms with Crippen LogP contribution in [-0.2, 0) is 14.9 Å². The first-order valence-electron chi connectivity index (χ1n) is 13.3. The van der Waals surface area contributed by atoms with Gasteiger partial charge in [0.15, 0.2) is 0 Å². The average molecular weight is 512 g/mol. The molecule has 6 nitrogen and oxygen atoms in total. The van der Waals surface area contributed by atoms with Gasteiger partial charge in [0.05, 0.1) is 17.9 Å². The van der Waals surface area contributed by atoms with E-state index in [4.69, 9.17) is 0 Å². The molecule has 0 aromatic heterocycles. The van der Waals surface area contributed by atoms with Gasteiger partial charge in [0.25, 0.3) is 10.1 Å². The minimum atomic E-state index is -4.34. The average Bonchev–Trinajstić information content (AvgIpc) is 2.80. The fourth-order valence-corrected chi connectivity index (χ4v) is 4.22. The highest BCUT2D eigenvalue weighted by Crippen LogP contribution is 2.09. The summed E-state index contributed by atoms with van der Waals surface area (Å²) >= 11 is 0. The number of aliphatic hydroxyl groups excluding tert-OH is 1. The summed E-state index contributed by atoms with van der Waals surface area (Å²) in [5.41, 5.74) is 0. The zero-order chi connectivity index (χ0) is 26.2. The molecule has 1 amide bonds. The maximum absolute atomic E-state index is 12.3. The van der Waals surface area contributed by atoms with Crippen molar-refractivity contribution < 1.29 is 22.9 Å². The van der Waals surface area contributed by atoms with E-state index in [2.05, 4.69) is 55.6 Å². The number of allylic oxidation sites excluding steroid dienone is 7. The Morgan fingerprint density at radius 3 is 1.94 bits per heavy atom. The molecule has 0 rings (SSSR count). The Morgan fingerprint density at radius 1 is 0.771 bits per heavy atom. The minimum Gasteiger partial charge on any atom is -0.387 e. The summed E-state index contributed by atoms with van der Waals surface area (Å²) in [4.78, 5) is 12.3. The van der Waals surface area contributed by atoms with Crippen molar-refractivity contribution in [1.82, 2.24) is 5.32 Å². The van der Waals surface area contributed by atoms with Gasteiger partial charge in [-0.2, -0.15) is 8.42 Å². The maximum atomic E-state index is 12.3. The van der Waals surface area contributed by atoms with Gasteiger partial charge in [-0.3, -0.25) is 9.35 Å². The quantitative estimate of drug-likeness (QED) is 0.0881. The highest BCUT2D eigenvalue weighted by atomic mass is 32.2. The van der Waals surface area contributed by atoms with Crippen LogP contribution < -0.4 is 5.32 Å². The monoisotopic (exact) mass is 511 g/mol. The predicted octanol–water partition coefficient (Wildman–Crippen LogP) is 6.45. The second-order valence-electron chi connectivity index (χ2n) is 8.91. The van der Waals surface area contributed by atoms with Crippen LogP contribution in [0.3, 0.4) is 0 Å². The lowest BCUT2D eigenvalue weighted by Crippen LogP contribution is -2.46. The van der Waals surface area contributed by atoms with E-state index in [0.29, 0.717) is 12.8 Å². The van der Waals surface area contributed by atoms with Gasteiger partial charge in [0, 0.05) is 6.42 Å². The summed E-state index contributed by atoms with van der Waals surface area (Å²) < 4.78 is 32.0. The number of amides is 1. The molecule has 0 fully saturated rings. The molecule has 0 radical (unpaired) electrons. The first-order chi connectivity index (χ1) is 16.8. The Labute approximate surface area is 214 Å². The van der Waals surface area contributed by atoms with Crippen molar-refractivity contribution in [2.45, 2.75) is 116 Å². The fourth-order valence-electron chi connectivity index (χ4n) is 3.49. The first-order valence-corrected chi connectivity index (χ1v) is 14.9. The van der Waals surface area contributed by atoms with E-state index in [1.165, 1.54) is 12.5 Å². The zero-order valence-corrected chi connectivity index (χ0v) is 22.7. The number of unbranched alkanes of at least 4 members (excludes halogenated alkanes) is 8. The van der Waals surface area contributed by atoms with Gasteiger partial charge in [-0.05, 0) is 57.8 Å². The van der Waals surface area contributed by atoms with Crippen LogP contribution in [0.2, 0.25) is 0 Å². The molecule has 0 heterocycles. The number of nitrogens with one attached hydrogen (secondary N) is 1. The lowest BCUT2D eigenvalue weighted by Gasteiger charge is -2.21. The Balaban J connectivity index is 4.30. The Hall–Kier alpha value is -1.70. The fraction of sp³-hybridized carbons (Fsp3) is 0.679. The van der Waals surface area contributed by atoms with Crippen molar-refractivity contribution in [3.63, 3.8) is 0 Å². The molecular weight excluding hydrogens is 462 g/mol. The molecule has 0 aliphatic heterocycles. The molecule has 0 aromatic rings. The second-order valence-corrected chi connectivity index (χ2v) is 10.4. The van der Waals surface area contributed by atoms with Crippen LogP contribution >= 0.6 is 0 Å². The first kappa shape index (κ1) is 33.3. The highest BCUT2D eigenvalue weighted by Gasteiger charge is 2.24. The molecule has 0 spiro atoms. The van der Waals surface area contributed by atoms with E-state index in [1.807, 2.05) is 0 Å². The Bertz CT molecular complexity index is 740. The number of aliphatic hydroxyl groups is 1. The van der Waals surface area contributed by atoms with E-state index >= 15 is 0 Å². The van der Waals surface area contributed by atoms with E-state index in [0.717, 1.165) is 64.2 Å². The van der Waals surface area contributed by atoms with Crippen LogP contribution in [0, 0.1) is 0 Å². The molecule has 0 bridgehead atoms. The van der Waals surface area contributed by atoms with Gasteiger partial charge in [0.1, 0.15) is 0 Å². The highest BCUT2D eigenvalue weighted by molar-refractivity contribution is 7.85. The molecule has 0 aromatic carbocycles. The Morgan fingerprint density at radius 2 is 1.31 bits per heavy atom. The molecule has 2 unspecified atom stereocenters. The topological polar surface area (TPSA) is 104 Å². The van der Waals surface area contributed by atoms with E-state index in [-0.39, 0.29) is 12.3 Å². The number of hydrogen-bond acceptors (Lipinski definition) is 4. The third-order valence-electron chi connectivity index (χ3n) is 5.45. The van der Waals surface area contributed by atoms with Crippen molar-refractivity contribution in [1.29, 1.82) is 0 Å². The number of carbonyl (C=O) groups excluding carboxylic acids is 1. The van der Waals surface area contributed by atoms with Gasteiger partial charge in [0.2, 0.25) is 5.91 Å². The molecular formula is C28H49NO5S. The van der Waals surface area contributed by atoms with E-state index in [1.54, 1.807) is 6.08 Å². The van der Waals surface area contributed by atoms with Crippen molar-refractivity contribution >= 4 is 16.0 Å². The van der Waals surface area contributed by atoms with Crippen LogP contribution in [0.4, 0.5) is 0 Å². The third-order valence-corrected chi connectivity index (χ3v) is 6.23. The number of carbonyl (C=O) groups is 1. The molecule has 3 N–H and O–H groups in total. The van der Waals surface area contributed by atoms with Gasteiger partial charge >= 0.3 is 0 Å². The maximum Gasteiger partial charge on any atom is 0.267 e. The summed E-state index contributed by atoms with van der Waals surface area (Å²) in [6, 6.07) is -1.08.